The number of hydrazone groups is 1. The zero-order valence-electron chi connectivity index (χ0n) is 21.4. The largest absolute Gasteiger partial charge is 0.506 e. The maximum atomic E-state index is 12.6. The van der Waals surface area contributed by atoms with Gasteiger partial charge in [-0.3, -0.25) is 4.79 Å². The molecule has 1 heterocycles. The third-order valence-corrected chi connectivity index (χ3v) is 8.16. The van der Waals surface area contributed by atoms with Gasteiger partial charge in [0.2, 0.25) is 0 Å². The van der Waals surface area contributed by atoms with E-state index in [1.807, 2.05) is 29.7 Å². The molecule has 0 radical (unpaired) electrons. The van der Waals surface area contributed by atoms with Crippen molar-refractivity contribution in [3.05, 3.63) is 84.5 Å². The van der Waals surface area contributed by atoms with Gasteiger partial charge in [0.1, 0.15) is 11.4 Å². The highest BCUT2D eigenvalue weighted by molar-refractivity contribution is 14.1. The van der Waals surface area contributed by atoms with Crippen LogP contribution in [0.1, 0.15) is 37.5 Å². The Bertz CT molecular complexity index is 1480. The first-order valence-corrected chi connectivity index (χ1v) is 15.0. The van der Waals surface area contributed by atoms with Crippen LogP contribution in [0.2, 0.25) is 0 Å². The molecule has 0 bridgehead atoms. The van der Waals surface area contributed by atoms with E-state index in [0.717, 1.165) is 29.8 Å². The number of carbonyl (C=O) groups is 1. The normalized spacial score (nSPS) is 11.7. The molecule has 10 heteroatoms. The zero-order chi connectivity index (χ0) is 27.4. The van der Waals surface area contributed by atoms with Crippen molar-refractivity contribution in [2.45, 2.75) is 38.3 Å². The summed E-state index contributed by atoms with van der Waals surface area (Å²) in [6, 6.07) is 20.3. The number of amides is 1. The number of halogens is 2. The van der Waals surface area contributed by atoms with Gasteiger partial charge < -0.3 is 5.11 Å². The lowest BCUT2D eigenvalue weighted by Crippen LogP contribution is -2.34. The van der Waals surface area contributed by atoms with Gasteiger partial charge in [-0.15, -0.1) is 5.10 Å². The molecule has 3 N–H and O–H groups in total. The lowest BCUT2D eigenvalue weighted by Gasteiger charge is -2.18. The van der Waals surface area contributed by atoms with Crippen molar-refractivity contribution in [2.24, 2.45) is 5.10 Å². The molecule has 0 atom stereocenters. The second kappa shape index (κ2) is 12.2. The monoisotopic (exact) mass is 752 g/mol. The van der Waals surface area contributed by atoms with E-state index in [0.29, 0.717) is 10.7 Å². The van der Waals surface area contributed by atoms with E-state index in [2.05, 4.69) is 123 Å². The molecule has 0 aliphatic carbocycles. The number of aromatic nitrogens is 3. The predicted octanol–water partition coefficient (Wildman–Crippen LogP) is 6.12. The molecular weight excluding hydrogens is 724 g/mol. The zero-order valence-corrected chi connectivity index (χ0v) is 26.6. The molecule has 196 valence electrons. The lowest BCUT2D eigenvalue weighted by atomic mass is 9.87. The number of carbonyl (C=O) groups excluding carboxylic acids is 1. The smallest absolute Gasteiger partial charge is 0.342 e. The van der Waals surface area contributed by atoms with Crippen LogP contribution < -0.4 is 9.99 Å². The third-order valence-electron chi connectivity index (χ3n) is 5.77. The highest BCUT2D eigenvalue weighted by Gasteiger charge is 2.25. The molecule has 38 heavy (non-hydrogen) atoms. The first kappa shape index (κ1) is 28.6. The topological polar surface area (TPSA) is 94.2 Å². The van der Waals surface area contributed by atoms with E-state index >= 15 is 0 Å². The SMILES string of the molecule is Cc1ccc(-[n+]2c(SCC(=O)N/N=C/c3cc(I)cc(I)c3O)n[nH]c2-c2ccc(C(C)(C)C)cc2)cc1. The molecule has 1 amide bonds. The lowest BCUT2D eigenvalue weighted by molar-refractivity contribution is -0.625. The molecular formula is C28H28I2N5O2S+. The van der Waals surface area contributed by atoms with E-state index in [1.54, 1.807) is 6.07 Å². The quantitative estimate of drug-likeness (QED) is 0.0699. The minimum Gasteiger partial charge on any atom is -0.506 e. The number of aromatic amines is 1. The molecule has 0 fully saturated rings. The number of nitrogens with one attached hydrogen (secondary N) is 2. The highest BCUT2D eigenvalue weighted by atomic mass is 127. The van der Waals surface area contributed by atoms with Crippen molar-refractivity contribution in [3.63, 3.8) is 0 Å². The van der Waals surface area contributed by atoms with Crippen LogP contribution in [0, 0.1) is 14.1 Å². The Morgan fingerprint density at radius 3 is 2.47 bits per heavy atom. The van der Waals surface area contributed by atoms with Gasteiger partial charge in [-0.25, -0.2) is 5.43 Å². The summed E-state index contributed by atoms with van der Waals surface area (Å²) in [6.07, 6.45) is 1.45. The molecule has 1 aromatic heterocycles. The second-order valence-corrected chi connectivity index (χ2v) is 13.1. The molecule has 4 rings (SSSR count). The molecule has 4 aromatic rings. The number of phenolic OH excluding ortho intramolecular Hbond substituents is 1. The van der Waals surface area contributed by atoms with Crippen LogP contribution in [0.3, 0.4) is 0 Å². The first-order valence-electron chi connectivity index (χ1n) is 11.8. The van der Waals surface area contributed by atoms with Crippen molar-refractivity contribution in [3.8, 4) is 22.8 Å². The fraction of sp³-hybridized carbons (Fsp3) is 0.214. The summed E-state index contributed by atoms with van der Waals surface area (Å²) in [5.41, 5.74) is 7.50. The highest BCUT2D eigenvalue weighted by Crippen LogP contribution is 2.27. The molecule has 0 saturated heterocycles. The van der Waals surface area contributed by atoms with Crippen LogP contribution >= 0.6 is 56.9 Å². The van der Waals surface area contributed by atoms with Gasteiger partial charge in [0.05, 0.1) is 26.2 Å². The second-order valence-electron chi connectivity index (χ2n) is 9.76. The number of aryl methyl sites for hydroxylation is 1. The van der Waals surface area contributed by atoms with E-state index < -0.39 is 0 Å². The molecule has 0 spiro atoms. The average molecular weight is 752 g/mol. The summed E-state index contributed by atoms with van der Waals surface area (Å²) in [5, 5.41) is 22.6. The van der Waals surface area contributed by atoms with Gasteiger partial charge in [0.25, 0.3) is 11.7 Å². The van der Waals surface area contributed by atoms with Crippen molar-refractivity contribution in [2.75, 3.05) is 5.75 Å². The van der Waals surface area contributed by atoms with Crippen molar-refractivity contribution < 1.29 is 14.5 Å². The third kappa shape index (κ3) is 6.94. The Kier molecular flexibility index (Phi) is 9.14. The number of thioether (sulfide) groups is 1. The van der Waals surface area contributed by atoms with Crippen molar-refractivity contribution in [1.29, 1.82) is 0 Å². The summed E-state index contributed by atoms with van der Waals surface area (Å²) in [5.74, 6) is 0.809. The number of H-pyrrole nitrogens is 1. The Morgan fingerprint density at radius 1 is 1.13 bits per heavy atom. The average Bonchev–Trinajstić information content (AvgIpc) is 3.29. The van der Waals surface area contributed by atoms with E-state index in [-0.39, 0.29) is 22.8 Å². The van der Waals surface area contributed by atoms with E-state index in [9.17, 15) is 9.90 Å². The van der Waals surface area contributed by atoms with Crippen LogP contribution in [0.15, 0.2) is 70.9 Å². The number of rotatable bonds is 7. The van der Waals surface area contributed by atoms with Crippen LogP contribution in [-0.4, -0.2) is 33.2 Å². The number of hydrogen-bond donors (Lipinski definition) is 3. The summed E-state index contributed by atoms with van der Waals surface area (Å²) in [4.78, 5) is 12.6. The van der Waals surface area contributed by atoms with Crippen LogP contribution in [0.5, 0.6) is 5.75 Å². The summed E-state index contributed by atoms with van der Waals surface area (Å²) >= 11 is 5.55. The van der Waals surface area contributed by atoms with Crippen LogP contribution in [0.25, 0.3) is 17.1 Å². The molecule has 7 nitrogen and oxygen atoms in total. The summed E-state index contributed by atoms with van der Waals surface area (Å²) < 4.78 is 3.72. The van der Waals surface area contributed by atoms with Gasteiger partial charge in [-0.1, -0.05) is 50.6 Å². The molecule has 0 unspecified atom stereocenters. The minimum atomic E-state index is -0.277. The standard InChI is InChI=1S/C28H27I2N5O2S/c1-17-5-11-22(12-6-17)35-26(18-7-9-20(10-8-18)28(2,3)4)33-34-27(35)38-16-24(36)32-31-15-19-13-21(29)14-23(30)25(19)37/h5-15H,16H2,1-4H3,(H2,31,32,36,37)/p+1. The molecule has 0 aliphatic heterocycles. The Morgan fingerprint density at radius 2 is 1.82 bits per heavy atom. The van der Waals surface area contributed by atoms with E-state index in [4.69, 9.17) is 0 Å². The molecule has 3 aromatic carbocycles. The Labute approximate surface area is 253 Å². The number of benzene rings is 3. The van der Waals surface area contributed by atoms with Gasteiger partial charge in [-0.2, -0.15) is 9.67 Å². The number of aromatic hydroxyl groups is 1. The first-order chi connectivity index (χ1) is 18.0. The summed E-state index contributed by atoms with van der Waals surface area (Å²) in [7, 11) is 0. The maximum absolute atomic E-state index is 12.6. The van der Waals surface area contributed by atoms with Gasteiger partial charge in [0, 0.05) is 9.13 Å². The fourth-order valence-electron chi connectivity index (χ4n) is 3.67. The van der Waals surface area contributed by atoms with Crippen LogP contribution in [-0.2, 0) is 10.2 Å². The van der Waals surface area contributed by atoms with Gasteiger partial charge in [-0.05, 0) is 111 Å². The van der Waals surface area contributed by atoms with Crippen LogP contribution in [0.4, 0.5) is 0 Å². The van der Waals surface area contributed by atoms with Gasteiger partial charge in [0.15, 0.2) is 0 Å². The fourth-order valence-corrected chi connectivity index (χ4v) is 6.32. The minimum absolute atomic E-state index is 0.0620. The van der Waals surface area contributed by atoms with E-state index in [1.165, 1.54) is 23.5 Å². The number of hydrogen-bond acceptors (Lipinski definition) is 5. The number of phenols is 1. The Balaban J connectivity index is 1.54. The predicted molar refractivity (Wildman–Crippen MR) is 169 cm³/mol. The van der Waals surface area contributed by atoms with Crippen molar-refractivity contribution in [1.82, 2.24) is 15.6 Å². The maximum Gasteiger partial charge on any atom is 0.342 e. The summed E-state index contributed by atoms with van der Waals surface area (Å²) in [6.45, 7) is 8.63. The van der Waals surface area contributed by atoms with Crippen molar-refractivity contribution >= 4 is 69.1 Å². The van der Waals surface area contributed by atoms with Gasteiger partial charge >= 0.3 is 5.16 Å². The molecule has 0 aliphatic rings. The molecule has 0 saturated carbocycles. The number of nitrogens with zero attached hydrogens (tertiary/aromatic N) is 3. The Hall–Kier alpha value is -2.45.